The molecule has 0 saturated heterocycles. The van der Waals surface area contributed by atoms with Gasteiger partial charge in [0, 0.05) is 6.92 Å². The summed E-state index contributed by atoms with van der Waals surface area (Å²) in [6.07, 6.45) is 0. The van der Waals surface area contributed by atoms with Crippen molar-refractivity contribution in [3.63, 3.8) is 0 Å². The van der Waals surface area contributed by atoms with E-state index in [4.69, 9.17) is 9.26 Å². The van der Waals surface area contributed by atoms with Crippen LogP contribution in [-0.2, 0) is 6.61 Å². The quantitative estimate of drug-likeness (QED) is 0.779. The van der Waals surface area contributed by atoms with Gasteiger partial charge < -0.3 is 9.26 Å². The molecule has 2 rings (SSSR count). The van der Waals surface area contributed by atoms with Gasteiger partial charge in [0.25, 0.3) is 0 Å². The van der Waals surface area contributed by atoms with Crippen LogP contribution in [0.4, 0.5) is 4.39 Å². The lowest BCUT2D eigenvalue weighted by molar-refractivity contribution is 0.101. The Kier molecular flexibility index (Phi) is 3.36. The van der Waals surface area contributed by atoms with Gasteiger partial charge >= 0.3 is 0 Å². The van der Waals surface area contributed by atoms with Crippen molar-refractivity contribution in [1.29, 1.82) is 0 Å². The second-order valence-corrected chi connectivity index (χ2v) is 3.71. The van der Waals surface area contributed by atoms with Crippen molar-refractivity contribution < 1.29 is 18.4 Å². The molecule has 94 valence electrons. The van der Waals surface area contributed by atoms with Crippen LogP contribution in [-0.4, -0.2) is 15.9 Å². The maximum atomic E-state index is 13.0. The summed E-state index contributed by atoms with van der Waals surface area (Å²) in [5.41, 5.74) is 0.190. The van der Waals surface area contributed by atoms with Crippen LogP contribution in [0.5, 0.6) is 5.75 Å². The van der Waals surface area contributed by atoms with Gasteiger partial charge in [-0.2, -0.15) is 4.98 Å². The maximum absolute atomic E-state index is 13.0. The fraction of sp³-hybridized carbons (Fsp3) is 0.250. The Morgan fingerprint density at radius 3 is 2.89 bits per heavy atom. The molecule has 0 unspecified atom stereocenters. The van der Waals surface area contributed by atoms with Gasteiger partial charge in [0.05, 0.1) is 5.56 Å². The van der Waals surface area contributed by atoms with Gasteiger partial charge in [-0.25, -0.2) is 4.39 Å². The summed E-state index contributed by atoms with van der Waals surface area (Å²) >= 11 is 0. The standard InChI is InChI=1S/C12H11FN2O3/c1-7(16)10-5-9(13)3-4-11(10)17-6-12-14-8(2)18-15-12/h3-5H,6H2,1-2H3. The molecule has 0 atom stereocenters. The van der Waals surface area contributed by atoms with E-state index >= 15 is 0 Å². The number of aryl methyl sites for hydroxylation is 1. The summed E-state index contributed by atoms with van der Waals surface area (Å²) in [6.45, 7) is 3.07. The average molecular weight is 250 g/mol. The number of Topliss-reactive ketones (excluding diaryl/α,β-unsaturated/α-hetero) is 1. The van der Waals surface area contributed by atoms with Crippen LogP contribution >= 0.6 is 0 Å². The molecule has 0 saturated carbocycles. The van der Waals surface area contributed by atoms with Gasteiger partial charge in [-0.15, -0.1) is 0 Å². The van der Waals surface area contributed by atoms with Crippen LogP contribution < -0.4 is 4.74 Å². The second kappa shape index (κ2) is 4.95. The van der Waals surface area contributed by atoms with Gasteiger partial charge in [-0.3, -0.25) is 4.79 Å². The van der Waals surface area contributed by atoms with Gasteiger partial charge in [0.15, 0.2) is 12.4 Å². The van der Waals surface area contributed by atoms with E-state index in [1.54, 1.807) is 6.92 Å². The van der Waals surface area contributed by atoms with Crippen molar-refractivity contribution in [3.05, 3.63) is 41.3 Å². The Balaban J connectivity index is 2.16. The van der Waals surface area contributed by atoms with E-state index in [0.29, 0.717) is 17.5 Å². The third-order valence-electron chi connectivity index (χ3n) is 2.25. The molecule has 0 aliphatic carbocycles. The normalized spacial score (nSPS) is 10.4. The van der Waals surface area contributed by atoms with Crippen molar-refractivity contribution in [3.8, 4) is 5.75 Å². The van der Waals surface area contributed by atoms with Crippen LogP contribution in [0.25, 0.3) is 0 Å². The lowest BCUT2D eigenvalue weighted by Gasteiger charge is -2.07. The third-order valence-corrected chi connectivity index (χ3v) is 2.25. The highest BCUT2D eigenvalue weighted by molar-refractivity contribution is 5.96. The van der Waals surface area contributed by atoms with Gasteiger partial charge in [-0.1, -0.05) is 5.16 Å². The lowest BCUT2D eigenvalue weighted by atomic mass is 10.1. The molecule has 6 heteroatoms. The van der Waals surface area contributed by atoms with Crippen LogP contribution in [0.2, 0.25) is 0 Å². The number of aromatic nitrogens is 2. The number of carbonyl (C=O) groups is 1. The Bertz CT molecular complexity index is 580. The molecule has 18 heavy (non-hydrogen) atoms. The zero-order valence-electron chi connectivity index (χ0n) is 9.94. The Morgan fingerprint density at radius 1 is 1.50 bits per heavy atom. The summed E-state index contributed by atoms with van der Waals surface area (Å²) in [4.78, 5) is 15.3. The number of benzene rings is 1. The van der Waals surface area contributed by atoms with Crippen molar-refractivity contribution >= 4 is 5.78 Å². The molecule has 1 aromatic heterocycles. The number of hydrogen-bond acceptors (Lipinski definition) is 5. The number of halogens is 1. The Hall–Kier alpha value is -2.24. The topological polar surface area (TPSA) is 65.2 Å². The number of hydrogen-bond donors (Lipinski definition) is 0. The maximum Gasteiger partial charge on any atom is 0.223 e. The minimum atomic E-state index is -0.483. The fourth-order valence-corrected chi connectivity index (χ4v) is 1.45. The highest BCUT2D eigenvalue weighted by Gasteiger charge is 2.11. The average Bonchev–Trinajstić information content (AvgIpc) is 2.73. The summed E-state index contributed by atoms with van der Waals surface area (Å²) in [7, 11) is 0. The number of rotatable bonds is 4. The fourth-order valence-electron chi connectivity index (χ4n) is 1.45. The number of ketones is 1. The van der Waals surface area contributed by atoms with Crippen LogP contribution in [0, 0.1) is 12.7 Å². The molecule has 1 aromatic carbocycles. The molecule has 0 aliphatic rings. The Labute approximate surface area is 103 Å². The highest BCUT2D eigenvalue weighted by atomic mass is 19.1. The molecule has 5 nitrogen and oxygen atoms in total. The monoisotopic (exact) mass is 250 g/mol. The molecule has 0 N–H and O–H groups in total. The van der Waals surface area contributed by atoms with E-state index in [2.05, 4.69) is 10.1 Å². The summed E-state index contributed by atoms with van der Waals surface area (Å²) < 4.78 is 23.2. The van der Waals surface area contributed by atoms with Crippen molar-refractivity contribution in [2.24, 2.45) is 0 Å². The van der Waals surface area contributed by atoms with E-state index in [0.717, 1.165) is 6.07 Å². The predicted octanol–water partition coefficient (Wildman–Crippen LogP) is 2.30. The van der Waals surface area contributed by atoms with Crippen LogP contribution in [0.3, 0.4) is 0 Å². The third kappa shape index (κ3) is 2.71. The van der Waals surface area contributed by atoms with E-state index in [9.17, 15) is 9.18 Å². The SMILES string of the molecule is CC(=O)c1cc(F)ccc1OCc1noc(C)n1. The lowest BCUT2D eigenvalue weighted by Crippen LogP contribution is -2.03. The molecule has 0 spiro atoms. The first-order chi connectivity index (χ1) is 8.56. The van der Waals surface area contributed by atoms with Gasteiger partial charge in [0.1, 0.15) is 11.6 Å². The Morgan fingerprint density at radius 2 is 2.28 bits per heavy atom. The van der Waals surface area contributed by atoms with E-state index < -0.39 is 5.82 Å². The molecule has 0 radical (unpaired) electrons. The largest absolute Gasteiger partial charge is 0.485 e. The summed E-state index contributed by atoms with van der Waals surface area (Å²) in [5.74, 6) is 0.342. The molecular formula is C12H11FN2O3. The molecule has 0 fully saturated rings. The number of carbonyl (C=O) groups excluding carboxylic acids is 1. The molecule has 0 bridgehead atoms. The second-order valence-electron chi connectivity index (χ2n) is 3.71. The summed E-state index contributed by atoms with van der Waals surface area (Å²) in [6, 6.07) is 3.77. The molecule has 0 aliphatic heterocycles. The predicted molar refractivity (Wildman–Crippen MR) is 59.8 cm³/mol. The van der Waals surface area contributed by atoms with Crippen LogP contribution in [0.15, 0.2) is 22.7 Å². The molecule has 1 heterocycles. The zero-order chi connectivity index (χ0) is 13.1. The molecule has 0 amide bonds. The van der Waals surface area contributed by atoms with Crippen molar-refractivity contribution in [1.82, 2.24) is 10.1 Å². The minimum absolute atomic E-state index is 0.0588. The van der Waals surface area contributed by atoms with Crippen molar-refractivity contribution in [2.75, 3.05) is 0 Å². The van der Waals surface area contributed by atoms with Crippen LogP contribution in [0.1, 0.15) is 29.0 Å². The smallest absolute Gasteiger partial charge is 0.223 e. The first-order valence-corrected chi connectivity index (χ1v) is 5.29. The molecule has 2 aromatic rings. The van der Waals surface area contributed by atoms with E-state index in [-0.39, 0.29) is 18.0 Å². The minimum Gasteiger partial charge on any atom is -0.485 e. The first-order valence-electron chi connectivity index (χ1n) is 5.29. The number of nitrogens with zero attached hydrogens (tertiary/aromatic N) is 2. The van der Waals surface area contributed by atoms with E-state index in [1.807, 2.05) is 0 Å². The molecular weight excluding hydrogens is 239 g/mol. The van der Waals surface area contributed by atoms with Gasteiger partial charge in [0.2, 0.25) is 11.7 Å². The first kappa shape index (κ1) is 12.2. The van der Waals surface area contributed by atoms with E-state index in [1.165, 1.54) is 19.1 Å². The van der Waals surface area contributed by atoms with Crippen molar-refractivity contribution in [2.45, 2.75) is 20.5 Å². The summed E-state index contributed by atoms with van der Waals surface area (Å²) in [5, 5.41) is 3.65. The van der Waals surface area contributed by atoms with Gasteiger partial charge in [-0.05, 0) is 25.1 Å². The zero-order valence-corrected chi connectivity index (χ0v) is 9.94. The highest BCUT2D eigenvalue weighted by Crippen LogP contribution is 2.21. The number of ether oxygens (including phenoxy) is 1.